The number of ketones is 1. The molecule has 0 unspecified atom stereocenters. The van der Waals surface area contributed by atoms with Crippen LogP contribution < -0.4 is 9.47 Å². The zero-order chi connectivity index (χ0) is 18.4. The summed E-state index contributed by atoms with van der Waals surface area (Å²) in [7, 11) is 0. The summed E-state index contributed by atoms with van der Waals surface area (Å²) in [6.45, 7) is 5.23. The maximum atomic E-state index is 12.7. The van der Waals surface area contributed by atoms with Gasteiger partial charge < -0.3 is 9.47 Å². The Morgan fingerprint density at radius 3 is 1.46 bits per heavy atom. The van der Waals surface area contributed by atoms with Gasteiger partial charge in [-0.2, -0.15) is 0 Å². The maximum absolute atomic E-state index is 12.7. The lowest BCUT2D eigenvalue weighted by Gasteiger charge is -2.03. The average Bonchev–Trinajstić information content (AvgIpc) is 2.99. The number of allylic oxidation sites excluding steroid dienone is 2. The number of carbonyl (C=O) groups excluding carboxylic acids is 1. The van der Waals surface area contributed by atoms with Crippen molar-refractivity contribution in [2.45, 2.75) is 26.7 Å². The van der Waals surface area contributed by atoms with Crippen molar-refractivity contribution in [1.29, 1.82) is 0 Å². The predicted molar refractivity (Wildman–Crippen MR) is 105 cm³/mol. The van der Waals surface area contributed by atoms with E-state index in [9.17, 15) is 4.79 Å². The summed E-state index contributed by atoms with van der Waals surface area (Å²) in [4.78, 5) is 12.7. The van der Waals surface area contributed by atoms with Crippen molar-refractivity contribution in [3.63, 3.8) is 0 Å². The van der Waals surface area contributed by atoms with Gasteiger partial charge in [-0.15, -0.1) is 0 Å². The SMILES string of the molecule is CCOc1ccc(/C=C2\CC/C(=C\c3ccc(OCC)cc3)C2=O)cc1. The van der Waals surface area contributed by atoms with Crippen LogP contribution in [-0.4, -0.2) is 19.0 Å². The van der Waals surface area contributed by atoms with E-state index in [1.807, 2.05) is 74.5 Å². The Morgan fingerprint density at radius 1 is 0.731 bits per heavy atom. The van der Waals surface area contributed by atoms with Gasteiger partial charge in [0.05, 0.1) is 13.2 Å². The molecule has 1 fully saturated rings. The van der Waals surface area contributed by atoms with Crippen LogP contribution in [0.15, 0.2) is 59.7 Å². The van der Waals surface area contributed by atoms with Crippen LogP contribution in [0.4, 0.5) is 0 Å². The van der Waals surface area contributed by atoms with Crippen molar-refractivity contribution >= 4 is 17.9 Å². The number of ether oxygens (including phenoxy) is 2. The highest BCUT2D eigenvalue weighted by Crippen LogP contribution is 2.30. The number of hydrogen-bond acceptors (Lipinski definition) is 3. The van der Waals surface area contributed by atoms with Gasteiger partial charge in [-0.25, -0.2) is 0 Å². The number of Topliss-reactive ketones (excluding diaryl/α,β-unsaturated/α-hetero) is 1. The van der Waals surface area contributed by atoms with E-state index in [0.717, 1.165) is 46.6 Å². The molecule has 0 bridgehead atoms. The van der Waals surface area contributed by atoms with E-state index >= 15 is 0 Å². The molecule has 3 rings (SSSR count). The molecule has 0 aromatic heterocycles. The van der Waals surface area contributed by atoms with Crippen LogP contribution in [0.1, 0.15) is 37.8 Å². The van der Waals surface area contributed by atoms with E-state index in [1.165, 1.54) is 0 Å². The average molecular weight is 348 g/mol. The second-order valence-electron chi connectivity index (χ2n) is 6.17. The summed E-state index contributed by atoms with van der Waals surface area (Å²) >= 11 is 0. The van der Waals surface area contributed by atoms with Gasteiger partial charge in [-0.05, 0) is 74.2 Å². The Labute approximate surface area is 155 Å². The van der Waals surface area contributed by atoms with E-state index < -0.39 is 0 Å². The third-order valence-electron chi connectivity index (χ3n) is 4.31. The minimum Gasteiger partial charge on any atom is -0.494 e. The van der Waals surface area contributed by atoms with Gasteiger partial charge in [0.25, 0.3) is 0 Å². The van der Waals surface area contributed by atoms with Crippen LogP contribution in [0.5, 0.6) is 11.5 Å². The standard InChI is InChI=1S/C23H24O3/c1-3-25-21-11-5-17(6-12-21)15-19-9-10-20(23(19)24)16-18-7-13-22(14-8-18)26-4-2/h5-8,11-16H,3-4,9-10H2,1-2H3/b19-15+,20-16+. The third kappa shape index (κ3) is 4.42. The maximum Gasteiger partial charge on any atom is 0.185 e. The smallest absolute Gasteiger partial charge is 0.185 e. The summed E-state index contributed by atoms with van der Waals surface area (Å²) in [6.07, 6.45) is 5.54. The Morgan fingerprint density at radius 2 is 1.12 bits per heavy atom. The van der Waals surface area contributed by atoms with Crippen molar-refractivity contribution in [3.05, 3.63) is 70.8 Å². The Bertz CT molecular complexity index is 742. The lowest BCUT2D eigenvalue weighted by Crippen LogP contribution is -1.96. The lowest BCUT2D eigenvalue weighted by atomic mass is 10.1. The van der Waals surface area contributed by atoms with E-state index in [4.69, 9.17) is 9.47 Å². The normalized spacial score (nSPS) is 17.1. The number of benzene rings is 2. The van der Waals surface area contributed by atoms with Crippen molar-refractivity contribution in [2.24, 2.45) is 0 Å². The van der Waals surface area contributed by atoms with Gasteiger partial charge >= 0.3 is 0 Å². The molecule has 2 aromatic rings. The highest BCUT2D eigenvalue weighted by Gasteiger charge is 2.22. The molecule has 1 aliphatic carbocycles. The fourth-order valence-electron chi connectivity index (χ4n) is 3.03. The van der Waals surface area contributed by atoms with Crippen LogP contribution in [0, 0.1) is 0 Å². The Balaban J connectivity index is 1.72. The van der Waals surface area contributed by atoms with Gasteiger partial charge in [0.2, 0.25) is 0 Å². The third-order valence-corrected chi connectivity index (χ3v) is 4.31. The van der Waals surface area contributed by atoms with Crippen LogP contribution in [0.3, 0.4) is 0 Å². The molecule has 0 saturated heterocycles. The number of carbonyl (C=O) groups is 1. The van der Waals surface area contributed by atoms with Crippen LogP contribution in [0.2, 0.25) is 0 Å². The van der Waals surface area contributed by atoms with Crippen molar-refractivity contribution < 1.29 is 14.3 Å². The minimum absolute atomic E-state index is 0.146. The lowest BCUT2D eigenvalue weighted by molar-refractivity contribution is -0.111. The largest absolute Gasteiger partial charge is 0.494 e. The van der Waals surface area contributed by atoms with Gasteiger partial charge in [-0.1, -0.05) is 24.3 Å². The summed E-state index contributed by atoms with van der Waals surface area (Å²) in [5, 5.41) is 0. The second-order valence-corrected chi connectivity index (χ2v) is 6.17. The molecule has 2 aromatic carbocycles. The topological polar surface area (TPSA) is 35.5 Å². The summed E-state index contributed by atoms with van der Waals surface area (Å²) in [5.74, 6) is 1.85. The summed E-state index contributed by atoms with van der Waals surface area (Å²) in [6, 6.07) is 15.7. The Kier molecular flexibility index (Phi) is 5.90. The van der Waals surface area contributed by atoms with Crippen molar-refractivity contribution in [3.8, 4) is 11.5 Å². The fraction of sp³-hybridized carbons (Fsp3) is 0.261. The second kappa shape index (κ2) is 8.52. The van der Waals surface area contributed by atoms with Crippen molar-refractivity contribution in [2.75, 3.05) is 13.2 Å². The molecule has 0 atom stereocenters. The minimum atomic E-state index is 0.146. The fourth-order valence-corrected chi connectivity index (χ4v) is 3.03. The molecule has 0 spiro atoms. The monoisotopic (exact) mass is 348 g/mol. The zero-order valence-electron chi connectivity index (χ0n) is 15.3. The molecule has 26 heavy (non-hydrogen) atoms. The molecular weight excluding hydrogens is 324 g/mol. The van der Waals surface area contributed by atoms with Gasteiger partial charge in [-0.3, -0.25) is 4.79 Å². The molecule has 3 heteroatoms. The quantitative estimate of drug-likeness (QED) is 0.663. The molecule has 134 valence electrons. The molecular formula is C23H24O3. The molecule has 3 nitrogen and oxygen atoms in total. The molecule has 0 radical (unpaired) electrons. The van der Waals surface area contributed by atoms with E-state index in [-0.39, 0.29) is 5.78 Å². The van der Waals surface area contributed by atoms with E-state index in [2.05, 4.69) is 0 Å². The Hall–Kier alpha value is -2.81. The highest BCUT2D eigenvalue weighted by molar-refractivity contribution is 6.15. The van der Waals surface area contributed by atoms with E-state index in [1.54, 1.807) is 0 Å². The summed E-state index contributed by atoms with van der Waals surface area (Å²) < 4.78 is 10.9. The first-order valence-electron chi connectivity index (χ1n) is 9.11. The molecule has 0 N–H and O–H groups in total. The number of hydrogen-bond donors (Lipinski definition) is 0. The van der Waals surface area contributed by atoms with Crippen LogP contribution >= 0.6 is 0 Å². The van der Waals surface area contributed by atoms with Crippen LogP contribution in [0.25, 0.3) is 12.2 Å². The summed E-state index contributed by atoms with van der Waals surface area (Å²) in [5.41, 5.74) is 3.79. The first-order valence-corrected chi connectivity index (χ1v) is 9.11. The molecule has 0 amide bonds. The number of rotatable bonds is 6. The van der Waals surface area contributed by atoms with Crippen molar-refractivity contribution in [1.82, 2.24) is 0 Å². The van der Waals surface area contributed by atoms with Crippen LogP contribution in [-0.2, 0) is 4.79 Å². The molecule has 0 heterocycles. The molecule has 1 saturated carbocycles. The van der Waals surface area contributed by atoms with E-state index in [0.29, 0.717) is 13.2 Å². The van der Waals surface area contributed by atoms with Gasteiger partial charge in [0, 0.05) is 11.1 Å². The molecule has 0 aliphatic heterocycles. The first kappa shape index (κ1) is 18.0. The predicted octanol–water partition coefficient (Wildman–Crippen LogP) is 5.31. The zero-order valence-corrected chi connectivity index (χ0v) is 15.3. The van der Waals surface area contributed by atoms with Gasteiger partial charge in [0.15, 0.2) is 5.78 Å². The highest BCUT2D eigenvalue weighted by atomic mass is 16.5. The first-order chi connectivity index (χ1) is 12.7. The van der Waals surface area contributed by atoms with Gasteiger partial charge in [0.1, 0.15) is 11.5 Å². The molecule has 1 aliphatic rings.